The molecule has 1 atom stereocenters. The van der Waals surface area contributed by atoms with E-state index in [1.54, 1.807) is 5.57 Å². The van der Waals surface area contributed by atoms with Gasteiger partial charge in [0, 0.05) is 11.3 Å². The minimum Gasteiger partial charge on any atom is -0.102 e. The summed E-state index contributed by atoms with van der Waals surface area (Å²) < 4.78 is 0. The molecule has 9 rings (SSSR count). The van der Waals surface area contributed by atoms with Crippen molar-refractivity contribution >= 4 is 5.57 Å². The zero-order valence-corrected chi connectivity index (χ0v) is 29.4. The van der Waals surface area contributed by atoms with Crippen LogP contribution in [0.3, 0.4) is 0 Å². The molecule has 0 aliphatic heterocycles. The zero-order chi connectivity index (χ0) is 34.3. The first-order valence-corrected chi connectivity index (χ1v) is 18.0. The van der Waals surface area contributed by atoms with E-state index in [4.69, 9.17) is 0 Å². The van der Waals surface area contributed by atoms with E-state index >= 15 is 0 Å². The first-order chi connectivity index (χ1) is 24.5. The standard InChI is InChI=1S/C43H36.C7H8/c1-4-32(29-16-6-5-7-17-29)30-18-14-19-31(28-30)33-21-15-27-40-41(33)34-20-8-9-22-35(34)43(40)38-25-12-10-23-36(38)42(2,3)37-24-11-13-26-39(37)43;1-7-5-3-2-4-6-7/h4-8,10-21,23-28,32H,1,9,22H2,2-3H3;2-6H,1H3. The monoisotopic (exact) mass is 644 g/mol. The molecule has 0 heterocycles. The Labute approximate surface area is 298 Å². The Kier molecular flexibility index (Phi) is 8.12. The molecular weight excluding hydrogens is 601 g/mol. The minimum atomic E-state index is -0.292. The fourth-order valence-corrected chi connectivity index (χ4v) is 9.02. The van der Waals surface area contributed by atoms with Gasteiger partial charge in [0.1, 0.15) is 0 Å². The lowest BCUT2D eigenvalue weighted by Crippen LogP contribution is -2.41. The molecule has 1 spiro atoms. The van der Waals surface area contributed by atoms with Gasteiger partial charge in [0.2, 0.25) is 0 Å². The first kappa shape index (κ1) is 31.8. The Balaban J connectivity index is 0.000000463. The van der Waals surface area contributed by atoms with Gasteiger partial charge >= 0.3 is 0 Å². The van der Waals surface area contributed by atoms with Crippen LogP contribution in [0.1, 0.15) is 82.7 Å². The lowest BCUT2D eigenvalue weighted by molar-refractivity contribution is 0.550. The molecule has 0 amide bonds. The second-order valence-electron chi connectivity index (χ2n) is 14.4. The van der Waals surface area contributed by atoms with Crippen molar-refractivity contribution in [1.29, 1.82) is 0 Å². The van der Waals surface area contributed by atoms with Crippen LogP contribution >= 0.6 is 0 Å². The van der Waals surface area contributed by atoms with Crippen molar-refractivity contribution in [1.82, 2.24) is 0 Å². The Morgan fingerprint density at radius 1 is 0.600 bits per heavy atom. The largest absolute Gasteiger partial charge is 0.102 e. The minimum absolute atomic E-state index is 0.0739. The molecule has 3 aliphatic carbocycles. The number of hydrogen-bond acceptors (Lipinski definition) is 0. The number of hydrogen-bond donors (Lipinski definition) is 0. The molecule has 0 nitrogen and oxygen atoms in total. The van der Waals surface area contributed by atoms with Gasteiger partial charge in [-0.3, -0.25) is 0 Å². The average Bonchev–Trinajstić information content (AvgIpc) is 3.47. The molecule has 6 aromatic carbocycles. The lowest BCUT2D eigenvalue weighted by Gasteiger charge is -2.47. The molecule has 1 unspecified atom stereocenters. The number of fused-ring (bicyclic) bond motifs is 8. The molecule has 0 bridgehead atoms. The third-order valence-electron chi connectivity index (χ3n) is 11.3. The summed E-state index contributed by atoms with van der Waals surface area (Å²) in [6, 6.07) is 55.6. The normalized spacial score (nSPS) is 16.3. The molecule has 0 N–H and O–H groups in total. The molecule has 0 fully saturated rings. The van der Waals surface area contributed by atoms with E-state index in [2.05, 4.69) is 179 Å². The van der Waals surface area contributed by atoms with Gasteiger partial charge in [-0.25, -0.2) is 0 Å². The van der Waals surface area contributed by atoms with Gasteiger partial charge in [-0.15, -0.1) is 6.58 Å². The van der Waals surface area contributed by atoms with Gasteiger partial charge in [-0.05, 0) is 86.5 Å². The molecule has 6 aromatic rings. The van der Waals surface area contributed by atoms with Crippen LogP contribution in [0.4, 0.5) is 0 Å². The maximum Gasteiger partial charge on any atom is 0.0682 e. The van der Waals surface area contributed by atoms with Crippen LogP contribution in [0.2, 0.25) is 0 Å². The van der Waals surface area contributed by atoms with Crippen LogP contribution in [0, 0.1) is 6.92 Å². The first-order valence-electron chi connectivity index (χ1n) is 18.0. The predicted molar refractivity (Wildman–Crippen MR) is 212 cm³/mol. The van der Waals surface area contributed by atoms with Crippen LogP contribution in [0.5, 0.6) is 0 Å². The van der Waals surface area contributed by atoms with Gasteiger partial charge in [0.05, 0.1) is 5.41 Å². The van der Waals surface area contributed by atoms with Crippen molar-refractivity contribution in [3.05, 3.63) is 232 Å². The van der Waals surface area contributed by atoms with Crippen molar-refractivity contribution in [3.8, 4) is 11.1 Å². The SMILES string of the molecule is C=CC(c1ccccc1)c1cccc(-c2cccc3c2C2=C(CCC=C2)C32c3ccccc3C(C)(C)c3ccccc32)c1.Cc1ccccc1. The van der Waals surface area contributed by atoms with E-state index < -0.39 is 0 Å². The Bertz CT molecular complexity index is 2210. The highest BCUT2D eigenvalue weighted by atomic mass is 14.6. The smallest absolute Gasteiger partial charge is 0.0682 e. The molecule has 0 aromatic heterocycles. The Hall–Kier alpha value is -5.46. The van der Waals surface area contributed by atoms with Gasteiger partial charge in [-0.2, -0.15) is 0 Å². The average molecular weight is 645 g/mol. The molecule has 0 radical (unpaired) electrons. The maximum absolute atomic E-state index is 4.22. The second kappa shape index (κ2) is 12.8. The van der Waals surface area contributed by atoms with Gasteiger partial charge < -0.3 is 0 Å². The molecule has 244 valence electrons. The van der Waals surface area contributed by atoms with E-state index in [-0.39, 0.29) is 16.7 Å². The van der Waals surface area contributed by atoms with Crippen molar-refractivity contribution in [2.24, 2.45) is 0 Å². The molecule has 0 heteroatoms. The summed E-state index contributed by atoms with van der Waals surface area (Å²) in [6.45, 7) is 11.1. The zero-order valence-electron chi connectivity index (χ0n) is 29.4. The highest BCUT2D eigenvalue weighted by molar-refractivity contribution is 5.98. The van der Waals surface area contributed by atoms with Crippen LogP contribution in [0.15, 0.2) is 182 Å². The van der Waals surface area contributed by atoms with Gasteiger partial charge in [-0.1, -0.05) is 189 Å². The summed E-state index contributed by atoms with van der Waals surface area (Å²) in [5.74, 6) is 0.146. The highest BCUT2D eigenvalue weighted by Gasteiger charge is 2.54. The van der Waals surface area contributed by atoms with Crippen LogP contribution in [-0.2, 0) is 10.8 Å². The summed E-state index contributed by atoms with van der Waals surface area (Å²) >= 11 is 0. The number of aryl methyl sites for hydroxylation is 1. The number of benzene rings is 6. The van der Waals surface area contributed by atoms with E-state index in [0.29, 0.717) is 0 Å². The summed E-state index contributed by atoms with van der Waals surface area (Å²) in [5, 5.41) is 0. The lowest BCUT2D eigenvalue weighted by atomic mass is 9.54. The molecule has 3 aliphatic rings. The van der Waals surface area contributed by atoms with Crippen molar-refractivity contribution < 1.29 is 0 Å². The number of rotatable bonds is 4. The van der Waals surface area contributed by atoms with E-state index in [1.165, 1.54) is 66.8 Å². The molecule has 50 heavy (non-hydrogen) atoms. The van der Waals surface area contributed by atoms with Crippen LogP contribution in [-0.4, -0.2) is 0 Å². The Morgan fingerprint density at radius 3 is 1.78 bits per heavy atom. The van der Waals surface area contributed by atoms with E-state index in [0.717, 1.165) is 12.8 Å². The van der Waals surface area contributed by atoms with Crippen molar-refractivity contribution in [2.75, 3.05) is 0 Å². The summed E-state index contributed by atoms with van der Waals surface area (Å²) in [7, 11) is 0. The quantitative estimate of drug-likeness (QED) is 0.168. The topological polar surface area (TPSA) is 0 Å². The molecular formula is C50H44. The van der Waals surface area contributed by atoms with E-state index in [9.17, 15) is 0 Å². The van der Waals surface area contributed by atoms with Crippen LogP contribution < -0.4 is 0 Å². The Morgan fingerprint density at radius 2 is 1.16 bits per heavy atom. The van der Waals surface area contributed by atoms with E-state index in [1.807, 2.05) is 18.2 Å². The fraction of sp³-hybridized carbons (Fsp3) is 0.160. The summed E-state index contributed by atoms with van der Waals surface area (Å²) in [6.07, 6.45) is 9.01. The fourth-order valence-electron chi connectivity index (χ4n) is 9.02. The second-order valence-corrected chi connectivity index (χ2v) is 14.4. The summed E-state index contributed by atoms with van der Waals surface area (Å²) in [5.41, 5.74) is 17.6. The third kappa shape index (κ3) is 4.97. The summed E-state index contributed by atoms with van der Waals surface area (Å²) in [4.78, 5) is 0. The predicted octanol–water partition coefficient (Wildman–Crippen LogP) is 12.8. The number of allylic oxidation sites excluding steroid dienone is 5. The van der Waals surface area contributed by atoms with Crippen molar-refractivity contribution in [3.63, 3.8) is 0 Å². The van der Waals surface area contributed by atoms with Crippen LogP contribution in [0.25, 0.3) is 16.7 Å². The maximum atomic E-state index is 4.22. The van der Waals surface area contributed by atoms with Crippen molar-refractivity contribution in [2.45, 2.75) is 50.4 Å². The van der Waals surface area contributed by atoms with Gasteiger partial charge in [0.15, 0.2) is 0 Å². The third-order valence-corrected chi connectivity index (χ3v) is 11.3. The highest BCUT2D eigenvalue weighted by Crippen LogP contribution is 2.63. The van der Waals surface area contributed by atoms with Gasteiger partial charge in [0.25, 0.3) is 0 Å². The molecule has 0 saturated carbocycles. The molecule has 0 saturated heterocycles.